The van der Waals surface area contributed by atoms with Gasteiger partial charge in [0.2, 0.25) is 5.91 Å². The Kier molecular flexibility index (Phi) is 5.92. The predicted octanol–water partition coefficient (Wildman–Crippen LogP) is 1.31. The topological polar surface area (TPSA) is 50.4 Å². The molecule has 1 aliphatic rings. The predicted molar refractivity (Wildman–Crippen MR) is 68.9 cm³/mol. The second-order valence-corrected chi connectivity index (χ2v) is 4.89. The van der Waals surface area contributed by atoms with Crippen LogP contribution in [0.4, 0.5) is 0 Å². The lowest BCUT2D eigenvalue weighted by Gasteiger charge is -2.35. The summed E-state index contributed by atoms with van der Waals surface area (Å²) in [6.45, 7) is 9.19. The number of hydrogen-bond donors (Lipinski definition) is 2. The zero-order valence-electron chi connectivity index (χ0n) is 11.3. The third-order valence-electron chi connectivity index (χ3n) is 3.63. The highest BCUT2D eigenvalue weighted by Crippen LogP contribution is 2.30. The summed E-state index contributed by atoms with van der Waals surface area (Å²) in [5.74, 6) is 0.179. The summed E-state index contributed by atoms with van der Waals surface area (Å²) >= 11 is 0. The normalized spacial score (nSPS) is 26.5. The summed E-state index contributed by atoms with van der Waals surface area (Å²) in [6.07, 6.45) is 3.07. The molecular weight excluding hydrogens is 216 g/mol. The van der Waals surface area contributed by atoms with E-state index in [1.165, 1.54) is 0 Å². The molecule has 0 aromatic rings. The van der Waals surface area contributed by atoms with Crippen LogP contribution in [-0.2, 0) is 9.53 Å². The molecule has 0 saturated carbocycles. The maximum Gasteiger partial charge on any atom is 0.227 e. The lowest BCUT2D eigenvalue weighted by atomic mass is 9.77. The lowest BCUT2D eigenvalue weighted by molar-refractivity contribution is -0.133. The van der Waals surface area contributed by atoms with Gasteiger partial charge in [0.05, 0.1) is 11.5 Å². The van der Waals surface area contributed by atoms with Crippen LogP contribution >= 0.6 is 0 Å². The van der Waals surface area contributed by atoms with Crippen LogP contribution in [0.15, 0.2) is 0 Å². The van der Waals surface area contributed by atoms with Crippen molar-refractivity contribution >= 4 is 5.91 Å². The zero-order chi connectivity index (χ0) is 12.7. The molecule has 2 unspecified atom stereocenters. The van der Waals surface area contributed by atoms with Gasteiger partial charge in [-0.25, -0.2) is 0 Å². The van der Waals surface area contributed by atoms with Crippen LogP contribution in [0.1, 0.15) is 40.0 Å². The van der Waals surface area contributed by atoms with Crippen molar-refractivity contribution in [2.45, 2.75) is 46.1 Å². The average Bonchev–Trinajstić information content (AvgIpc) is 2.37. The van der Waals surface area contributed by atoms with Crippen molar-refractivity contribution in [2.75, 3.05) is 26.2 Å². The molecule has 100 valence electrons. The van der Waals surface area contributed by atoms with E-state index in [9.17, 15) is 4.79 Å². The standard InChI is InChI=1S/C13H26N2O2/c1-4-13(7-6-8-14-10-13)12(16)15-9-11(3)17-5-2/h11,14H,4-10H2,1-3H3,(H,15,16). The van der Waals surface area contributed by atoms with Crippen molar-refractivity contribution in [1.82, 2.24) is 10.6 Å². The molecule has 17 heavy (non-hydrogen) atoms. The number of carbonyl (C=O) groups excluding carboxylic acids is 1. The Bertz CT molecular complexity index is 238. The number of nitrogens with one attached hydrogen (secondary N) is 2. The van der Waals surface area contributed by atoms with Gasteiger partial charge in [0.15, 0.2) is 0 Å². The van der Waals surface area contributed by atoms with E-state index in [0.717, 1.165) is 32.4 Å². The van der Waals surface area contributed by atoms with Gasteiger partial charge in [0, 0.05) is 19.7 Å². The van der Waals surface area contributed by atoms with Gasteiger partial charge < -0.3 is 15.4 Å². The van der Waals surface area contributed by atoms with Crippen molar-refractivity contribution in [1.29, 1.82) is 0 Å². The van der Waals surface area contributed by atoms with E-state index in [1.807, 2.05) is 13.8 Å². The Morgan fingerprint density at radius 3 is 2.82 bits per heavy atom. The first kappa shape index (κ1) is 14.5. The Labute approximate surface area is 104 Å². The molecule has 2 atom stereocenters. The highest BCUT2D eigenvalue weighted by atomic mass is 16.5. The molecule has 4 heteroatoms. The van der Waals surface area contributed by atoms with Crippen LogP contribution in [0.5, 0.6) is 0 Å². The molecule has 1 saturated heterocycles. The highest BCUT2D eigenvalue weighted by Gasteiger charge is 2.37. The van der Waals surface area contributed by atoms with Gasteiger partial charge in [0.25, 0.3) is 0 Å². The monoisotopic (exact) mass is 242 g/mol. The number of rotatable bonds is 6. The van der Waals surface area contributed by atoms with E-state index in [4.69, 9.17) is 4.74 Å². The maximum atomic E-state index is 12.3. The first-order chi connectivity index (χ1) is 8.14. The molecule has 1 aliphatic heterocycles. The number of amides is 1. The van der Waals surface area contributed by atoms with Gasteiger partial charge in [-0.05, 0) is 39.7 Å². The fourth-order valence-corrected chi connectivity index (χ4v) is 2.39. The quantitative estimate of drug-likeness (QED) is 0.738. The molecule has 2 N–H and O–H groups in total. The van der Waals surface area contributed by atoms with Gasteiger partial charge in [-0.15, -0.1) is 0 Å². The third-order valence-corrected chi connectivity index (χ3v) is 3.63. The minimum absolute atomic E-state index is 0.0920. The summed E-state index contributed by atoms with van der Waals surface area (Å²) in [7, 11) is 0. The molecule has 1 rings (SSSR count). The summed E-state index contributed by atoms with van der Waals surface area (Å²) in [6, 6.07) is 0. The second-order valence-electron chi connectivity index (χ2n) is 4.89. The van der Waals surface area contributed by atoms with Gasteiger partial charge in [0.1, 0.15) is 0 Å². The van der Waals surface area contributed by atoms with Crippen LogP contribution in [0, 0.1) is 5.41 Å². The van der Waals surface area contributed by atoms with Crippen molar-refractivity contribution in [3.63, 3.8) is 0 Å². The van der Waals surface area contributed by atoms with Crippen molar-refractivity contribution < 1.29 is 9.53 Å². The molecular formula is C13H26N2O2. The second kappa shape index (κ2) is 6.97. The summed E-state index contributed by atoms with van der Waals surface area (Å²) < 4.78 is 5.42. The van der Waals surface area contributed by atoms with E-state index >= 15 is 0 Å². The van der Waals surface area contributed by atoms with Crippen LogP contribution < -0.4 is 10.6 Å². The molecule has 4 nitrogen and oxygen atoms in total. The van der Waals surface area contributed by atoms with Crippen LogP contribution in [0.3, 0.4) is 0 Å². The zero-order valence-corrected chi connectivity index (χ0v) is 11.3. The fraction of sp³-hybridized carbons (Fsp3) is 0.923. The molecule has 1 fully saturated rings. The van der Waals surface area contributed by atoms with Gasteiger partial charge >= 0.3 is 0 Å². The molecule has 1 heterocycles. The van der Waals surface area contributed by atoms with E-state index in [0.29, 0.717) is 13.2 Å². The first-order valence-electron chi connectivity index (χ1n) is 6.75. The van der Waals surface area contributed by atoms with Gasteiger partial charge in [-0.1, -0.05) is 6.92 Å². The summed E-state index contributed by atoms with van der Waals surface area (Å²) in [4.78, 5) is 12.3. The maximum absolute atomic E-state index is 12.3. The molecule has 0 aromatic heterocycles. The van der Waals surface area contributed by atoms with E-state index < -0.39 is 0 Å². The molecule has 0 radical (unpaired) electrons. The smallest absolute Gasteiger partial charge is 0.227 e. The third kappa shape index (κ3) is 3.96. The largest absolute Gasteiger partial charge is 0.377 e. The van der Waals surface area contributed by atoms with Crippen molar-refractivity contribution in [3.8, 4) is 0 Å². The number of piperidine rings is 1. The summed E-state index contributed by atoms with van der Waals surface area (Å²) in [5.41, 5.74) is -0.204. The Morgan fingerprint density at radius 2 is 2.29 bits per heavy atom. The highest BCUT2D eigenvalue weighted by molar-refractivity contribution is 5.83. The van der Waals surface area contributed by atoms with E-state index in [-0.39, 0.29) is 17.4 Å². The average molecular weight is 242 g/mol. The number of hydrogen-bond acceptors (Lipinski definition) is 3. The van der Waals surface area contributed by atoms with E-state index in [2.05, 4.69) is 17.6 Å². The molecule has 0 aliphatic carbocycles. The molecule has 0 spiro atoms. The number of ether oxygens (including phenoxy) is 1. The Hall–Kier alpha value is -0.610. The molecule has 1 amide bonds. The van der Waals surface area contributed by atoms with Crippen LogP contribution in [-0.4, -0.2) is 38.3 Å². The molecule has 0 aromatic carbocycles. The SMILES string of the molecule is CCOC(C)CNC(=O)C1(CC)CCCNC1. The van der Waals surface area contributed by atoms with Gasteiger partial charge in [-0.3, -0.25) is 4.79 Å². The van der Waals surface area contributed by atoms with Crippen LogP contribution in [0.2, 0.25) is 0 Å². The van der Waals surface area contributed by atoms with E-state index in [1.54, 1.807) is 0 Å². The minimum atomic E-state index is -0.204. The first-order valence-corrected chi connectivity index (χ1v) is 6.75. The Morgan fingerprint density at radius 1 is 1.53 bits per heavy atom. The minimum Gasteiger partial charge on any atom is -0.377 e. The number of carbonyl (C=O) groups is 1. The molecule has 0 bridgehead atoms. The Balaban J connectivity index is 2.43. The van der Waals surface area contributed by atoms with Crippen LogP contribution in [0.25, 0.3) is 0 Å². The van der Waals surface area contributed by atoms with Crippen molar-refractivity contribution in [3.05, 3.63) is 0 Å². The fourth-order valence-electron chi connectivity index (χ4n) is 2.39. The van der Waals surface area contributed by atoms with Gasteiger partial charge in [-0.2, -0.15) is 0 Å². The van der Waals surface area contributed by atoms with Crippen molar-refractivity contribution in [2.24, 2.45) is 5.41 Å². The lowest BCUT2D eigenvalue weighted by Crippen LogP contribution is -2.51. The summed E-state index contributed by atoms with van der Waals surface area (Å²) in [5, 5.41) is 6.35.